The smallest absolute Gasteiger partial charge is 0.433 e. The lowest BCUT2D eigenvalue weighted by Gasteiger charge is -2.23. The molecule has 1 aromatic carbocycles. The number of aryl methyl sites for hydroxylation is 1. The first kappa shape index (κ1) is 28.7. The fraction of sp³-hybridized carbons (Fsp3) is 0.333. The lowest BCUT2D eigenvalue weighted by Crippen LogP contribution is -2.37. The van der Waals surface area contributed by atoms with E-state index in [4.69, 9.17) is 4.74 Å². The molecule has 2 aromatic heterocycles. The van der Waals surface area contributed by atoms with Crippen molar-refractivity contribution in [1.29, 1.82) is 0 Å². The predicted molar refractivity (Wildman–Crippen MR) is 134 cm³/mol. The zero-order valence-electron chi connectivity index (χ0n) is 21.9. The number of hydrogen-bond acceptors (Lipinski definition) is 7. The highest BCUT2D eigenvalue weighted by molar-refractivity contribution is 6.09. The molecule has 40 heavy (non-hydrogen) atoms. The molecule has 0 saturated heterocycles. The van der Waals surface area contributed by atoms with E-state index in [2.05, 4.69) is 20.0 Å². The number of alkyl halides is 5. The van der Waals surface area contributed by atoms with Crippen LogP contribution in [0.3, 0.4) is 0 Å². The number of imide groups is 1. The minimum atomic E-state index is -4.53. The Labute approximate surface area is 226 Å². The Morgan fingerprint density at radius 2 is 1.80 bits per heavy atom. The number of carbonyl (C=O) groups is 2. The fourth-order valence-electron chi connectivity index (χ4n) is 4.12. The number of ether oxygens (including phenoxy) is 2. The van der Waals surface area contributed by atoms with Crippen molar-refractivity contribution < 1.29 is 41.0 Å². The Kier molecular flexibility index (Phi) is 7.68. The van der Waals surface area contributed by atoms with E-state index in [-0.39, 0.29) is 24.4 Å². The highest BCUT2D eigenvalue weighted by Crippen LogP contribution is 2.40. The molecule has 0 fully saturated rings. The van der Waals surface area contributed by atoms with Gasteiger partial charge in [-0.15, -0.1) is 0 Å². The Morgan fingerprint density at radius 1 is 1.07 bits per heavy atom. The molecular formula is C27H25F5N4O4. The van der Waals surface area contributed by atoms with Crippen molar-refractivity contribution in [3.8, 4) is 16.9 Å². The molecule has 2 amide bonds. The van der Waals surface area contributed by atoms with E-state index in [9.17, 15) is 31.5 Å². The molecule has 0 bridgehead atoms. The van der Waals surface area contributed by atoms with Gasteiger partial charge in [-0.25, -0.2) is 14.7 Å². The van der Waals surface area contributed by atoms with Gasteiger partial charge < -0.3 is 14.8 Å². The number of fused-ring (bicyclic) bond motifs is 1. The first-order chi connectivity index (χ1) is 18.6. The van der Waals surface area contributed by atoms with Gasteiger partial charge >= 0.3 is 18.9 Å². The minimum absolute atomic E-state index is 0.158. The predicted octanol–water partition coefficient (Wildman–Crippen LogP) is 6.58. The van der Waals surface area contributed by atoms with E-state index < -0.39 is 36.1 Å². The molecule has 0 aliphatic carbocycles. The van der Waals surface area contributed by atoms with Gasteiger partial charge in [-0.1, -0.05) is 12.1 Å². The summed E-state index contributed by atoms with van der Waals surface area (Å²) in [4.78, 5) is 34.5. The van der Waals surface area contributed by atoms with Gasteiger partial charge in [0, 0.05) is 24.5 Å². The molecule has 1 N–H and O–H groups in total. The number of nitrogens with zero attached hydrogens (tertiary/aromatic N) is 3. The standard InChI is InChI=1S/C27H25F5N4O4/c1-14-9-21(34-11-15-5-8-20(33-10-15)27(30,31)32)35-12-17(14)16-6-7-19(39-24(28)29)22-18(16)13-36(23(22)37)25(38)40-26(2,3)4/h5-10,12,24H,11,13H2,1-4H3,(H,34,35). The maximum atomic E-state index is 13.2. The third-order valence-corrected chi connectivity index (χ3v) is 5.87. The van der Waals surface area contributed by atoms with Crippen molar-refractivity contribution in [3.63, 3.8) is 0 Å². The maximum Gasteiger partial charge on any atom is 0.433 e. The molecule has 1 aliphatic heterocycles. The molecule has 0 unspecified atom stereocenters. The molecule has 1 aliphatic rings. The quantitative estimate of drug-likeness (QED) is 0.338. The maximum absolute atomic E-state index is 13.2. The van der Waals surface area contributed by atoms with Crippen LogP contribution in [-0.2, 0) is 24.0 Å². The highest BCUT2D eigenvalue weighted by atomic mass is 19.4. The van der Waals surface area contributed by atoms with Crippen molar-refractivity contribution in [2.75, 3.05) is 5.32 Å². The number of rotatable bonds is 6. The Bertz CT molecular complexity index is 1440. The summed E-state index contributed by atoms with van der Waals surface area (Å²) >= 11 is 0. The SMILES string of the molecule is Cc1cc(NCc2ccc(C(F)(F)F)nc2)ncc1-c1ccc(OC(F)F)c2c1CN(C(=O)OC(C)(C)C)C2=O. The molecule has 0 radical (unpaired) electrons. The second-order valence-electron chi connectivity index (χ2n) is 10.0. The van der Waals surface area contributed by atoms with Crippen LogP contribution in [0.4, 0.5) is 32.6 Å². The van der Waals surface area contributed by atoms with Crippen LogP contribution >= 0.6 is 0 Å². The zero-order valence-corrected chi connectivity index (χ0v) is 21.9. The average molecular weight is 565 g/mol. The third kappa shape index (κ3) is 6.29. The van der Waals surface area contributed by atoms with Crippen molar-refractivity contribution in [2.24, 2.45) is 0 Å². The van der Waals surface area contributed by atoms with Gasteiger partial charge in [0.2, 0.25) is 0 Å². The monoisotopic (exact) mass is 564 g/mol. The van der Waals surface area contributed by atoms with Gasteiger partial charge in [0.25, 0.3) is 5.91 Å². The molecular weight excluding hydrogens is 539 g/mol. The fourth-order valence-corrected chi connectivity index (χ4v) is 4.12. The molecule has 0 atom stereocenters. The van der Waals surface area contributed by atoms with E-state index >= 15 is 0 Å². The van der Waals surface area contributed by atoms with E-state index in [1.165, 1.54) is 24.4 Å². The number of carbonyl (C=O) groups excluding carboxylic acids is 2. The Morgan fingerprint density at radius 3 is 2.38 bits per heavy atom. The second kappa shape index (κ2) is 10.7. The van der Waals surface area contributed by atoms with Gasteiger partial charge in [0.05, 0.1) is 12.1 Å². The summed E-state index contributed by atoms with van der Waals surface area (Å²) in [5, 5.41) is 3.01. The summed E-state index contributed by atoms with van der Waals surface area (Å²) in [6.07, 6.45) is -2.82. The largest absolute Gasteiger partial charge is 0.443 e. The van der Waals surface area contributed by atoms with Crippen molar-refractivity contribution in [3.05, 3.63) is 70.7 Å². The molecule has 4 rings (SSSR count). The van der Waals surface area contributed by atoms with Crippen molar-refractivity contribution in [1.82, 2.24) is 14.9 Å². The number of benzene rings is 1. The van der Waals surface area contributed by atoms with Crippen LogP contribution in [0.5, 0.6) is 5.75 Å². The topological polar surface area (TPSA) is 93.7 Å². The summed E-state index contributed by atoms with van der Waals surface area (Å²) in [5.41, 5.74) is 0.503. The zero-order chi connectivity index (χ0) is 29.4. The number of pyridine rings is 2. The van der Waals surface area contributed by atoms with Crippen LogP contribution in [0.25, 0.3) is 11.1 Å². The van der Waals surface area contributed by atoms with Gasteiger partial charge in [-0.05, 0) is 68.1 Å². The van der Waals surface area contributed by atoms with Crippen LogP contribution in [0, 0.1) is 6.92 Å². The summed E-state index contributed by atoms with van der Waals surface area (Å²) in [6.45, 7) is 3.41. The van der Waals surface area contributed by atoms with Crippen LogP contribution in [0.1, 0.15) is 53.5 Å². The Hall–Kier alpha value is -4.29. The first-order valence-electron chi connectivity index (χ1n) is 12.0. The molecule has 212 valence electrons. The number of halogens is 5. The van der Waals surface area contributed by atoms with Gasteiger partial charge in [0.15, 0.2) is 0 Å². The van der Waals surface area contributed by atoms with E-state index in [0.29, 0.717) is 33.6 Å². The van der Waals surface area contributed by atoms with Crippen LogP contribution in [0.15, 0.2) is 42.7 Å². The van der Waals surface area contributed by atoms with Gasteiger partial charge in [-0.2, -0.15) is 22.0 Å². The van der Waals surface area contributed by atoms with Crippen LogP contribution < -0.4 is 10.1 Å². The third-order valence-electron chi connectivity index (χ3n) is 5.87. The normalized spacial score (nSPS) is 13.4. The molecule has 3 heterocycles. The van der Waals surface area contributed by atoms with Gasteiger partial charge in [0.1, 0.15) is 22.9 Å². The molecule has 8 nitrogen and oxygen atoms in total. The number of amides is 2. The second-order valence-corrected chi connectivity index (χ2v) is 10.0. The number of aromatic nitrogens is 2. The molecule has 0 saturated carbocycles. The summed E-state index contributed by atoms with van der Waals surface area (Å²) < 4.78 is 74.2. The first-order valence-corrected chi connectivity index (χ1v) is 12.0. The van der Waals surface area contributed by atoms with E-state index in [1.54, 1.807) is 33.8 Å². The molecule has 13 heteroatoms. The molecule has 3 aromatic rings. The summed E-state index contributed by atoms with van der Waals surface area (Å²) in [7, 11) is 0. The van der Waals surface area contributed by atoms with E-state index in [0.717, 1.165) is 17.2 Å². The summed E-state index contributed by atoms with van der Waals surface area (Å²) in [5.74, 6) is -0.767. The van der Waals surface area contributed by atoms with Crippen molar-refractivity contribution in [2.45, 2.75) is 59.2 Å². The molecule has 0 spiro atoms. The summed E-state index contributed by atoms with van der Waals surface area (Å²) in [6, 6.07) is 6.63. The van der Waals surface area contributed by atoms with Gasteiger partial charge in [-0.3, -0.25) is 9.78 Å². The van der Waals surface area contributed by atoms with Crippen LogP contribution in [0.2, 0.25) is 0 Å². The van der Waals surface area contributed by atoms with Crippen LogP contribution in [-0.4, -0.2) is 39.1 Å². The van der Waals surface area contributed by atoms with E-state index in [1.807, 2.05) is 0 Å². The van der Waals surface area contributed by atoms with Crippen molar-refractivity contribution >= 4 is 17.8 Å². The number of anilines is 1. The number of nitrogens with one attached hydrogen (secondary N) is 1. The highest BCUT2D eigenvalue weighted by Gasteiger charge is 2.39. The number of hydrogen-bond donors (Lipinski definition) is 1. The lowest BCUT2D eigenvalue weighted by molar-refractivity contribution is -0.141. The lowest BCUT2D eigenvalue weighted by atomic mass is 9.94. The Balaban J connectivity index is 1.61. The minimum Gasteiger partial charge on any atom is -0.443 e. The average Bonchev–Trinajstić information content (AvgIpc) is 3.20.